The van der Waals surface area contributed by atoms with Gasteiger partial charge in [-0.15, -0.1) is 13.2 Å². The summed E-state index contributed by atoms with van der Waals surface area (Å²) in [7, 11) is 0. The number of nitrogens with one attached hydrogen (secondary N) is 1. The topological polar surface area (TPSA) is 47.6 Å². The van der Waals surface area contributed by atoms with Crippen molar-refractivity contribution in [1.82, 2.24) is 5.48 Å². The first-order valence-corrected chi connectivity index (χ1v) is 6.63. The van der Waals surface area contributed by atoms with Crippen LogP contribution in [0.25, 0.3) is 0 Å². The lowest BCUT2D eigenvalue weighted by Gasteiger charge is -2.18. The highest BCUT2D eigenvalue weighted by molar-refractivity contribution is 5.72. The summed E-state index contributed by atoms with van der Waals surface area (Å²) in [6.45, 7) is -0.302. The molecule has 0 bridgehead atoms. The molecule has 7 heteroatoms. The van der Waals surface area contributed by atoms with Crippen molar-refractivity contribution in [3.05, 3.63) is 0 Å². The molecule has 4 nitrogen and oxygen atoms in total. The Labute approximate surface area is 110 Å². The molecule has 1 saturated carbocycles. The van der Waals surface area contributed by atoms with Gasteiger partial charge in [-0.1, -0.05) is 32.1 Å². The van der Waals surface area contributed by atoms with Crippen LogP contribution in [0.2, 0.25) is 0 Å². The number of hydrogen-bond donors (Lipinski definition) is 1. The molecule has 1 fully saturated rings. The second-order valence-electron chi connectivity index (χ2n) is 4.65. The maximum absolute atomic E-state index is 11.7. The lowest BCUT2D eigenvalue weighted by atomic mass is 9.91. The Bertz CT molecular complexity index is 263. The maximum Gasteiger partial charge on any atom is 0.538 e. The zero-order chi connectivity index (χ0) is 14.1. The van der Waals surface area contributed by atoms with Crippen LogP contribution in [0.4, 0.5) is 13.2 Å². The SMILES string of the molecule is O=C(OCCNOC(F)(F)F)C1CCCCCCC1. The first kappa shape index (κ1) is 16.2. The molecule has 112 valence electrons. The van der Waals surface area contributed by atoms with Gasteiger partial charge in [0.05, 0.1) is 12.5 Å². The number of carbonyl (C=O) groups is 1. The van der Waals surface area contributed by atoms with Crippen LogP contribution < -0.4 is 5.48 Å². The minimum absolute atomic E-state index is 0.108. The summed E-state index contributed by atoms with van der Waals surface area (Å²) in [5, 5.41) is 0. The van der Waals surface area contributed by atoms with Crippen LogP contribution in [0, 0.1) is 5.92 Å². The van der Waals surface area contributed by atoms with E-state index in [9.17, 15) is 18.0 Å². The van der Waals surface area contributed by atoms with E-state index < -0.39 is 6.36 Å². The van der Waals surface area contributed by atoms with E-state index in [-0.39, 0.29) is 25.0 Å². The van der Waals surface area contributed by atoms with E-state index in [1.165, 1.54) is 6.42 Å². The van der Waals surface area contributed by atoms with Crippen LogP contribution in [0.5, 0.6) is 0 Å². The van der Waals surface area contributed by atoms with Crippen LogP contribution >= 0.6 is 0 Å². The van der Waals surface area contributed by atoms with Crippen molar-refractivity contribution in [2.24, 2.45) is 5.92 Å². The summed E-state index contributed by atoms with van der Waals surface area (Å²) in [6.07, 6.45) is 2.39. The minimum Gasteiger partial charge on any atom is -0.464 e. The fourth-order valence-electron chi connectivity index (χ4n) is 2.14. The zero-order valence-electron chi connectivity index (χ0n) is 10.8. The van der Waals surface area contributed by atoms with Gasteiger partial charge in [0.15, 0.2) is 0 Å². The van der Waals surface area contributed by atoms with Crippen molar-refractivity contribution in [3.63, 3.8) is 0 Å². The molecular weight excluding hydrogens is 263 g/mol. The second-order valence-corrected chi connectivity index (χ2v) is 4.65. The van der Waals surface area contributed by atoms with Crippen molar-refractivity contribution in [2.75, 3.05) is 13.2 Å². The quantitative estimate of drug-likeness (QED) is 0.479. The van der Waals surface area contributed by atoms with Gasteiger partial charge in [-0.2, -0.15) is 5.48 Å². The molecule has 0 heterocycles. The third kappa shape index (κ3) is 8.05. The number of hydrogen-bond acceptors (Lipinski definition) is 4. The van der Waals surface area contributed by atoms with Gasteiger partial charge in [-0.05, 0) is 12.8 Å². The van der Waals surface area contributed by atoms with Gasteiger partial charge in [-0.25, -0.2) is 4.84 Å². The summed E-state index contributed by atoms with van der Waals surface area (Å²) in [5.41, 5.74) is 1.70. The Morgan fingerprint density at radius 3 is 2.26 bits per heavy atom. The third-order valence-electron chi connectivity index (χ3n) is 3.07. The molecule has 19 heavy (non-hydrogen) atoms. The second kappa shape index (κ2) is 8.37. The lowest BCUT2D eigenvalue weighted by molar-refractivity contribution is -0.350. The number of hydroxylamine groups is 1. The molecule has 0 saturated heterocycles. The zero-order valence-corrected chi connectivity index (χ0v) is 10.8. The summed E-state index contributed by atoms with van der Waals surface area (Å²) in [5.74, 6) is -0.417. The number of carbonyl (C=O) groups excluding carboxylic acids is 1. The molecule has 0 atom stereocenters. The van der Waals surface area contributed by atoms with Gasteiger partial charge in [-0.3, -0.25) is 4.79 Å². The summed E-state index contributed by atoms with van der Waals surface area (Å²) >= 11 is 0. The van der Waals surface area contributed by atoms with Crippen LogP contribution in [-0.2, 0) is 14.4 Å². The molecule has 0 aromatic carbocycles. The number of rotatable bonds is 5. The van der Waals surface area contributed by atoms with Gasteiger partial charge < -0.3 is 4.74 Å². The molecule has 0 spiro atoms. The van der Waals surface area contributed by atoms with E-state index in [0.717, 1.165) is 38.5 Å². The van der Waals surface area contributed by atoms with E-state index >= 15 is 0 Å². The van der Waals surface area contributed by atoms with E-state index in [1.807, 2.05) is 0 Å². The van der Waals surface area contributed by atoms with E-state index in [2.05, 4.69) is 4.84 Å². The Balaban J connectivity index is 2.12. The van der Waals surface area contributed by atoms with Crippen molar-refractivity contribution in [3.8, 4) is 0 Å². The molecule has 0 amide bonds. The predicted molar refractivity (Wildman–Crippen MR) is 61.9 cm³/mol. The molecule has 1 N–H and O–H groups in total. The molecule has 0 aromatic rings. The highest BCUT2D eigenvalue weighted by atomic mass is 19.4. The number of esters is 1. The summed E-state index contributed by atoms with van der Waals surface area (Å²) < 4.78 is 39.8. The number of ether oxygens (including phenoxy) is 1. The van der Waals surface area contributed by atoms with Gasteiger partial charge in [0.1, 0.15) is 6.61 Å². The first-order chi connectivity index (χ1) is 8.99. The minimum atomic E-state index is -4.72. The van der Waals surface area contributed by atoms with E-state index in [0.29, 0.717) is 0 Å². The van der Waals surface area contributed by atoms with Crippen molar-refractivity contribution >= 4 is 5.97 Å². The number of alkyl halides is 3. The first-order valence-electron chi connectivity index (χ1n) is 6.63. The summed E-state index contributed by atoms with van der Waals surface area (Å²) in [4.78, 5) is 15.1. The van der Waals surface area contributed by atoms with Crippen LogP contribution in [0.15, 0.2) is 0 Å². The fraction of sp³-hybridized carbons (Fsp3) is 0.917. The molecule has 1 rings (SSSR count). The van der Waals surface area contributed by atoms with Crippen molar-refractivity contribution < 1.29 is 27.5 Å². The summed E-state index contributed by atoms with van der Waals surface area (Å²) in [6, 6.07) is 0. The van der Waals surface area contributed by atoms with Gasteiger partial charge in [0.2, 0.25) is 0 Å². The molecule has 0 unspecified atom stereocenters. The lowest BCUT2D eigenvalue weighted by Crippen LogP contribution is -2.30. The van der Waals surface area contributed by atoms with Gasteiger partial charge in [0.25, 0.3) is 0 Å². The van der Waals surface area contributed by atoms with Crippen molar-refractivity contribution in [2.45, 2.75) is 51.3 Å². The molecule has 1 aliphatic rings. The Morgan fingerprint density at radius 1 is 1.11 bits per heavy atom. The standard InChI is InChI=1S/C12H20F3NO3/c13-12(14,15)19-16-8-9-18-11(17)10-6-4-2-1-3-5-7-10/h10,16H,1-9H2. The molecular formula is C12H20F3NO3. The molecule has 0 aliphatic heterocycles. The van der Waals surface area contributed by atoms with Crippen LogP contribution in [-0.4, -0.2) is 25.5 Å². The predicted octanol–water partition coefficient (Wildman–Crippen LogP) is 2.93. The normalized spacial score (nSPS) is 18.7. The fourth-order valence-corrected chi connectivity index (χ4v) is 2.14. The Hall–Kier alpha value is -0.820. The molecule has 1 aliphatic carbocycles. The molecule has 0 radical (unpaired) electrons. The van der Waals surface area contributed by atoms with Gasteiger partial charge >= 0.3 is 12.3 Å². The highest BCUT2D eigenvalue weighted by Crippen LogP contribution is 2.23. The Kier molecular flexibility index (Phi) is 7.15. The largest absolute Gasteiger partial charge is 0.538 e. The van der Waals surface area contributed by atoms with E-state index in [4.69, 9.17) is 4.74 Å². The van der Waals surface area contributed by atoms with Crippen molar-refractivity contribution in [1.29, 1.82) is 0 Å². The monoisotopic (exact) mass is 283 g/mol. The number of halogens is 3. The van der Waals surface area contributed by atoms with Gasteiger partial charge in [0, 0.05) is 0 Å². The van der Waals surface area contributed by atoms with Crippen LogP contribution in [0.3, 0.4) is 0 Å². The van der Waals surface area contributed by atoms with E-state index in [1.54, 1.807) is 5.48 Å². The maximum atomic E-state index is 11.7. The smallest absolute Gasteiger partial charge is 0.464 e. The van der Waals surface area contributed by atoms with Crippen LogP contribution in [0.1, 0.15) is 44.9 Å². The average molecular weight is 283 g/mol. The average Bonchev–Trinajstić information content (AvgIpc) is 2.26. The molecule has 0 aromatic heterocycles. The highest BCUT2D eigenvalue weighted by Gasteiger charge is 2.29. The Morgan fingerprint density at radius 2 is 1.68 bits per heavy atom. The third-order valence-corrected chi connectivity index (χ3v) is 3.07.